The van der Waals surface area contributed by atoms with Crippen LogP contribution < -0.4 is 19.0 Å². The second kappa shape index (κ2) is 12.2. The molecule has 0 atom stereocenters. The Morgan fingerprint density at radius 3 is 2.39 bits per heavy atom. The minimum absolute atomic E-state index is 0.0144. The van der Waals surface area contributed by atoms with Gasteiger partial charge in [0, 0.05) is 20.2 Å². The zero-order valence-electron chi connectivity index (χ0n) is 20.1. The lowest BCUT2D eigenvalue weighted by Crippen LogP contribution is -2.37. The Morgan fingerprint density at radius 1 is 0.944 bits per heavy atom. The highest BCUT2D eigenvalue weighted by Crippen LogP contribution is 2.26. The minimum Gasteiger partial charge on any atom is -0.495 e. The second-order valence-corrected chi connectivity index (χ2v) is 9.07. The molecule has 9 nitrogen and oxygen atoms in total. The van der Waals surface area contributed by atoms with Crippen molar-refractivity contribution >= 4 is 21.8 Å². The van der Waals surface area contributed by atoms with Crippen LogP contribution in [0.3, 0.4) is 0 Å². The number of benzene rings is 3. The molecular weight excluding hydrogens is 491 g/mol. The van der Waals surface area contributed by atoms with Gasteiger partial charge in [0.2, 0.25) is 0 Å². The molecule has 11 heteroatoms. The van der Waals surface area contributed by atoms with Gasteiger partial charge in [-0.2, -0.15) is 8.42 Å². The van der Waals surface area contributed by atoms with E-state index in [4.69, 9.17) is 18.4 Å². The number of nitrogens with zero attached hydrogens (tertiary/aromatic N) is 1. The Morgan fingerprint density at radius 2 is 1.69 bits per heavy atom. The summed E-state index contributed by atoms with van der Waals surface area (Å²) >= 11 is 0. The van der Waals surface area contributed by atoms with Gasteiger partial charge in [-0.05, 0) is 48.0 Å². The number of nitrogens with one attached hydrogen (secondary N) is 1. The summed E-state index contributed by atoms with van der Waals surface area (Å²) in [6.07, 6.45) is 0. The number of para-hydroxylation sites is 2. The molecule has 3 aromatic carbocycles. The number of halogens is 1. The Labute approximate surface area is 209 Å². The fraction of sp³-hybridized carbons (Fsp3) is 0.240. The van der Waals surface area contributed by atoms with E-state index >= 15 is 0 Å². The van der Waals surface area contributed by atoms with Crippen molar-refractivity contribution < 1.29 is 36.0 Å². The third kappa shape index (κ3) is 6.86. The number of hydrogen-bond donors (Lipinski definition) is 1. The van der Waals surface area contributed by atoms with Gasteiger partial charge in [0.05, 0.1) is 26.5 Å². The van der Waals surface area contributed by atoms with E-state index in [2.05, 4.69) is 5.32 Å². The largest absolute Gasteiger partial charge is 0.495 e. The number of ether oxygens (including phenoxy) is 3. The number of rotatable bonds is 11. The Balaban J connectivity index is 1.77. The van der Waals surface area contributed by atoms with E-state index in [0.717, 1.165) is 6.07 Å². The normalized spacial score (nSPS) is 11.0. The van der Waals surface area contributed by atoms with Gasteiger partial charge in [-0.25, -0.2) is 9.18 Å². The number of carbonyl (C=O) groups excluding carboxylic acids is 1. The predicted octanol–water partition coefficient (Wildman–Crippen LogP) is 4.29. The number of anilines is 1. The van der Waals surface area contributed by atoms with Crippen molar-refractivity contribution in [1.29, 1.82) is 0 Å². The van der Waals surface area contributed by atoms with Crippen LogP contribution in [0.1, 0.15) is 5.56 Å². The Hall–Kier alpha value is -3.83. The van der Waals surface area contributed by atoms with Crippen LogP contribution in [0, 0.1) is 5.82 Å². The molecule has 3 aromatic rings. The molecule has 0 fully saturated rings. The summed E-state index contributed by atoms with van der Waals surface area (Å²) in [5.74, 6) is -0.391. The maximum Gasteiger partial charge on any atom is 0.339 e. The van der Waals surface area contributed by atoms with Gasteiger partial charge in [-0.15, -0.1) is 0 Å². The molecule has 2 amide bonds. The van der Waals surface area contributed by atoms with Crippen molar-refractivity contribution in [3.63, 3.8) is 0 Å². The average Bonchev–Trinajstić information content (AvgIpc) is 2.86. The minimum atomic E-state index is -4.31. The SMILES string of the molecule is COCCN(Cc1cccc(OS(=O)(=O)c2ccc(OC)c(F)c2)c1)C(=O)Nc1ccccc1OC. The van der Waals surface area contributed by atoms with Crippen LogP contribution in [0.4, 0.5) is 14.9 Å². The van der Waals surface area contributed by atoms with Crippen molar-refractivity contribution in [3.8, 4) is 17.2 Å². The van der Waals surface area contributed by atoms with E-state index in [0.29, 0.717) is 17.0 Å². The van der Waals surface area contributed by atoms with Crippen molar-refractivity contribution in [2.75, 3.05) is 39.8 Å². The number of urea groups is 1. The van der Waals surface area contributed by atoms with Crippen LogP contribution in [-0.4, -0.2) is 53.8 Å². The molecule has 0 spiro atoms. The molecule has 0 saturated heterocycles. The smallest absolute Gasteiger partial charge is 0.339 e. The monoisotopic (exact) mass is 518 g/mol. The zero-order valence-corrected chi connectivity index (χ0v) is 20.9. The van der Waals surface area contributed by atoms with E-state index in [1.165, 1.54) is 50.5 Å². The van der Waals surface area contributed by atoms with E-state index in [1.54, 1.807) is 36.4 Å². The quantitative estimate of drug-likeness (QED) is 0.378. The summed E-state index contributed by atoms with van der Waals surface area (Å²) in [6, 6.07) is 16.1. The molecule has 0 aliphatic rings. The Kier molecular flexibility index (Phi) is 9.09. The first-order valence-corrected chi connectivity index (χ1v) is 12.2. The maximum atomic E-state index is 14.0. The number of amides is 2. The van der Waals surface area contributed by atoms with Crippen LogP contribution in [0.5, 0.6) is 17.2 Å². The highest BCUT2D eigenvalue weighted by molar-refractivity contribution is 7.87. The second-order valence-electron chi connectivity index (χ2n) is 7.53. The highest BCUT2D eigenvalue weighted by atomic mass is 32.2. The first-order valence-electron chi connectivity index (χ1n) is 10.8. The molecule has 0 radical (unpaired) electrons. The third-order valence-corrected chi connectivity index (χ3v) is 6.33. The van der Waals surface area contributed by atoms with Gasteiger partial charge in [-0.3, -0.25) is 0 Å². The lowest BCUT2D eigenvalue weighted by atomic mass is 10.2. The summed E-state index contributed by atoms with van der Waals surface area (Å²) < 4.78 is 59.8. The highest BCUT2D eigenvalue weighted by Gasteiger charge is 2.20. The van der Waals surface area contributed by atoms with Gasteiger partial charge in [-0.1, -0.05) is 24.3 Å². The predicted molar refractivity (Wildman–Crippen MR) is 132 cm³/mol. The molecule has 0 heterocycles. The van der Waals surface area contributed by atoms with Crippen LogP contribution in [0.25, 0.3) is 0 Å². The van der Waals surface area contributed by atoms with Gasteiger partial charge >= 0.3 is 16.1 Å². The van der Waals surface area contributed by atoms with Gasteiger partial charge in [0.25, 0.3) is 0 Å². The zero-order chi connectivity index (χ0) is 26.1. The fourth-order valence-corrected chi connectivity index (χ4v) is 4.23. The first kappa shape index (κ1) is 26.8. The van der Waals surface area contributed by atoms with Gasteiger partial charge < -0.3 is 28.6 Å². The lowest BCUT2D eigenvalue weighted by molar-refractivity contribution is 0.152. The maximum absolute atomic E-state index is 14.0. The number of hydrogen-bond acceptors (Lipinski definition) is 7. The molecule has 0 bridgehead atoms. The molecule has 192 valence electrons. The van der Waals surface area contributed by atoms with E-state index in [1.807, 2.05) is 0 Å². The average molecular weight is 519 g/mol. The van der Waals surface area contributed by atoms with Crippen LogP contribution in [-0.2, 0) is 21.4 Å². The molecule has 0 aliphatic carbocycles. The summed E-state index contributed by atoms with van der Waals surface area (Å²) in [6.45, 7) is 0.692. The van der Waals surface area contributed by atoms with E-state index < -0.39 is 22.0 Å². The molecule has 0 aliphatic heterocycles. The van der Waals surface area contributed by atoms with Crippen molar-refractivity contribution in [1.82, 2.24) is 4.90 Å². The molecule has 3 rings (SSSR count). The third-order valence-electron chi connectivity index (χ3n) is 5.09. The van der Waals surface area contributed by atoms with E-state index in [9.17, 15) is 17.6 Å². The van der Waals surface area contributed by atoms with Crippen molar-refractivity contribution in [2.24, 2.45) is 0 Å². The van der Waals surface area contributed by atoms with Crippen LogP contribution in [0.2, 0.25) is 0 Å². The van der Waals surface area contributed by atoms with Crippen LogP contribution in [0.15, 0.2) is 71.6 Å². The summed E-state index contributed by atoms with van der Waals surface area (Å²) in [5.41, 5.74) is 1.11. The summed E-state index contributed by atoms with van der Waals surface area (Å²) in [5, 5.41) is 2.81. The lowest BCUT2D eigenvalue weighted by Gasteiger charge is -2.23. The molecule has 36 heavy (non-hydrogen) atoms. The summed E-state index contributed by atoms with van der Waals surface area (Å²) in [4.78, 5) is 14.1. The molecular formula is C25H27FN2O7S. The van der Waals surface area contributed by atoms with Gasteiger partial charge in [0.15, 0.2) is 11.6 Å². The molecule has 0 aromatic heterocycles. The summed E-state index contributed by atoms with van der Waals surface area (Å²) in [7, 11) is 0.00454. The number of carbonyl (C=O) groups is 1. The fourth-order valence-electron chi connectivity index (χ4n) is 3.29. The van der Waals surface area contributed by atoms with Crippen molar-refractivity contribution in [2.45, 2.75) is 11.4 Å². The number of methoxy groups -OCH3 is 3. The van der Waals surface area contributed by atoms with Crippen molar-refractivity contribution in [3.05, 3.63) is 78.1 Å². The van der Waals surface area contributed by atoms with E-state index in [-0.39, 0.29) is 36.1 Å². The topological polar surface area (TPSA) is 103 Å². The van der Waals surface area contributed by atoms with Gasteiger partial charge in [0.1, 0.15) is 16.4 Å². The Bertz CT molecular complexity index is 1300. The molecule has 1 N–H and O–H groups in total. The molecule has 0 unspecified atom stereocenters. The first-order chi connectivity index (χ1) is 17.3. The standard InChI is InChI=1S/C25H27FN2O7S/c1-32-14-13-28(25(29)27-22-9-4-5-10-24(22)34-3)17-18-7-6-8-19(15-18)35-36(30,31)20-11-12-23(33-2)21(26)16-20/h4-12,15-16H,13-14,17H2,1-3H3,(H,27,29). The molecule has 0 saturated carbocycles. The van der Waals surface area contributed by atoms with Crippen LogP contribution >= 0.6 is 0 Å².